The summed E-state index contributed by atoms with van der Waals surface area (Å²) >= 11 is 14.8. The first-order chi connectivity index (χ1) is 14.2. The summed E-state index contributed by atoms with van der Waals surface area (Å²) in [6, 6.07) is 0. The molecular formula is C20H20Br4N2O4. The van der Waals surface area contributed by atoms with Crippen LogP contribution in [0.5, 0.6) is 0 Å². The predicted octanol–water partition coefficient (Wildman–Crippen LogP) is 2.54. The largest absolute Gasteiger partial charge is 0.280 e. The van der Waals surface area contributed by atoms with Crippen LogP contribution in [0.4, 0.5) is 0 Å². The third-order valence-electron chi connectivity index (χ3n) is 8.70. The van der Waals surface area contributed by atoms with E-state index >= 15 is 0 Å². The molecule has 6 fully saturated rings. The highest BCUT2D eigenvalue weighted by Crippen LogP contribution is 2.61. The highest BCUT2D eigenvalue weighted by atomic mass is 79.9. The van der Waals surface area contributed by atoms with E-state index in [4.69, 9.17) is 0 Å². The molecule has 12 atom stereocenters. The van der Waals surface area contributed by atoms with Gasteiger partial charge >= 0.3 is 0 Å². The number of carbonyl (C=O) groups is 4. The topological polar surface area (TPSA) is 74.8 Å². The minimum atomic E-state index is -0.260. The van der Waals surface area contributed by atoms with Crippen molar-refractivity contribution in [3.05, 3.63) is 0 Å². The number of likely N-dealkylation sites (tertiary alicyclic amines) is 2. The van der Waals surface area contributed by atoms with Crippen LogP contribution in [-0.4, -0.2) is 65.8 Å². The molecular weight excluding hydrogens is 652 g/mol. The molecule has 4 amide bonds. The SMILES string of the molecule is O=C1[C@@H]2[C@H]3C[C@@H]([C@@H](Br)[C@H]3Br)[C@H]2C(=O)N1CCN1C(=O)[C@@H]2[C@H]3C[C@@H]([C@H](Br)[C@@H]3Br)[C@@H]2C1=O. The quantitative estimate of drug-likeness (QED) is 0.342. The van der Waals surface area contributed by atoms with Crippen LogP contribution in [0.25, 0.3) is 0 Å². The van der Waals surface area contributed by atoms with Crippen molar-refractivity contribution in [3.8, 4) is 0 Å². The fourth-order valence-corrected chi connectivity index (χ4v) is 11.2. The Kier molecular flexibility index (Phi) is 4.75. The van der Waals surface area contributed by atoms with Crippen molar-refractivity contribution in [2.75, 3.05) is 13.1 Å². The molecule has 6 rings (SSSR count). The first-order valence-corrected chi connectivity index (χ1v) is 14.2. The fraction of sp³-hybridized carbons (Fsp3) is 0.800. The van der Waals surface area contributed by atoms with E-state index in [1.54, 1.807) is 0 Å². The summed E-state index contributed by atoms with van der Waals surface area (Å²) in [5.41, 5.74) is 0. The van der Waals surface area contributed by atoms with Gasteiger partial charge in [0.1, 0.15) is 0 Å². The summed E-state index contributed by atoms with van der Waals surface area (Å²) < 4.78 is 0. The molecule has 0 aromatic heterocycles. The maximum absolute atomic E-state index is 13.1. The van der Waals surface area contributed by atoms with Gasteiger partial charge in [0, 0.05) is 32.4 Å². The summed E-state index contributed by atoms with van der Waals surface area (Å²) in [6.45, 7) is 0.234. The van der Waals surface area contributed by atoms with Crippen molar-refractivity contribution < 1.29 is 19.2 Å². The fourth-order valence-electron chi connectivity index (χ4n) is 7.46. The molecule has 2 saturated heterocycles. The number of carbonyl (C=O) groups excluding carboxylic acids is 4. The van der Waals surface area contributed by atoms with Crippen molar-refractivity contribution in [1.82, 2.24) is 9.80 Å². The number of hydrogen-bond acceptors (Lipinski definition) is 4. The van der Waals surface area contributed by atoms with Gasteiger partial charge in [0.25, 0.3) is 0 Å². The van der Waals surface area contributed by atoms with Gasteiger partial charge in [0.05, 0.1) is 23.7 Å². The van der Waals surface area contributed by atoms with Gasteiger partial charge in [-0.1, -0.05) is 63.7 Å². The molecule has 0 unspecified atom stereocenters. The Bertz CT molecular complexity index is 751. The summed E-state index contributed by atoms with van der Waals surface area (Å²) in [5.74, 6) is -0.857. The molecule has 0 radical (unpaired) electrons. The third kappa shape index (κ3) is 2.40. The number of alkyl halides is 4. The second-order valence-corrected chi connectivity index (χ2v) is 13.9. The van der Waals surface area contributed by atoms with Crippen LogP contribution in [0.1, 0.15) is 12.8 Å². The van der Waals surface area contributed by atoms with E-state index in [1.165, 1.54) is 9.80 Å². The summed E-state index contributed by atoms with van der Waals surface area (Å²) in [5, 5.41) is 0. The minimum absolute atomic E-state index is 0.117. The number of amides is 4. The Balaban J connectivity index is 1.18. The summed E-state index contributed by atoms with van der Waals surface area (Å²) in [7, 11) is 0. The van der Waals surface area contributed by atoms with Gasteiger partial charge in [-0.05, 0) is 36.5 Å². The highest BCUT2D eigenvalue weighted by Gasteiger charge is 2.68. The molecule has 0 aromatic carbocycles. The van der Waals surface area contributed by atoms with E-state index in [2.05, 4.69) is 63.7 Å². The van der Waals surface area contributed by atoms with E-state index in [1.807, 2.05) is 0 Å². The maximum Gasteiger partial charge on any atom is 0.233 e. The number of fused-ring (bicyclic) bond motifs is 10. The molecule has 6 nitrogen and oxygen atoms in total. The van der Waals surface area contributed by atoms with Gasteiger partial charge in [0.15, 0.2) is 0 Å². The first kappa shape index (κ1) is 20.8. The molecule has 10 heteroatoms. The Morgan fingerprint density at radius 3 is 1.00 bits per heavy atom. The van der Waals surface area contributed by atoms with Crippen molar-refractivity contribution in [2.45, 2.75) is 32.2 Å². The van der Waals surface area contributed by atoms with E-state index in [9.17, 15) is 19.2 Å². The lowest BCUT2D eigenvalue weighted by molar-refractivity contribution is -0.146. The maximum atomic E-state index is 13.1. The molecule has 162 valence electrons. The van der Waals surface area contributed by atoms with Gasteiger partial charge in [-0.25, -0.2) is 0 Å². The van der Waals surface area contributed by atoms with Gasteiger partial charge in [-0.15, -0.1) is 0 Å². The number of hydrogen-bond donors (Lipinski definition) is 0. The van der Waals surface area contributed by atoms with E-state index in [-0.39, 0.29) is 103 Å². The molecule has 0 aromatic rings. The van der Waals surface area contributed by atoms with Gasteiger partial charge < -0.3 is 0 Å². The molecule has 2 aliphatic heterocycles. The van der Waals surface area contributed by atoms with Crippen LogP contribution in [0.15, 0.2) is 0 Å². The lowest BCUT2D eigenvalue weighted by Crippen LogP contribution is -2.42. The lowest BCUT2D eigenvalue weighted by atomic mass is 9.81. The molecule has 4 saturated carbocycles. The number of rotatable bonds is 3. The second kappa shape index (κ2) is 6.86. The van der Waals surface area contributed by atoms with Crippen LogP contribution < -0.4 is 0 Å². The molecule has 2 heterocycles. The first-order valence-electron chi connectivity index (χ1n) is 10.5. The zero-order chi connectivity index (χ0) is 21.2. The average molecular weight is 672 g/mol. The summed E-state index contributed by atoms with van der Waals surface area (Å²) in [6.07, 6.45) is 1.78. The van der Waals surface area contributed by atoms with Gasteiger partial charge in [-0.2, -0.15) is 0 Å². The molecule has 4 aliphatic carbocycles. The molecule has 0 N–H and O–H groups in total. The molecule has 4 bridgehead atoms. The smallest absolute Gasteiger partial charge is 0.233 e. The summed E-state index contributed by atoms with van der Waals surface area (Å²) in [4.78, 5) is 55.7. The lowest BCUT2D eigenvalue weighted by Gasteiger charge is -2.28. The normalized spacial score (nSPS) is 53.5. The third-order valence-corrected chi connectivity index (χ3v) is 15.1. The number of imide groups is 2. The van der Waals surface area contributed by atoms with Crippen molar-refractivity contribution >= 4 is 87.3 Å². The number of halogens is 4. The Hall–Kier alpha value is 0.200. The van der Waals surface area contributed by atoms with Gasteiger partial charge in [0.2, 0.25) is 23.6 Å². The van der Waals surface area contributed by atoms with Crippen LogP contribution in [0.2, 0.25) is 0 Å². The monoisotopic (exact) mass is 668 g/mol. The Morgan fingerprint density at radius 2 is 0.767 bits per heavy atom. The van der Waals surface area contributed by atoms with Crippen LogP contribution in [0, 0.1) is 47.3 Å². The predicted molar refractivity (Wildman–Crippen MR) is 121 cm³/mol. The Morgan fingerprint density at radius 1 is 0.533 bits per heavy atom. The standard InChI is InChI=1S/C20H20Br4N2O4/c21-13-5-3-6(14(13)22)10-9(5)17(27)25(18(10)28)1-2-26-19(29)11-7-4-8(12(11)20(26)30)16(24)15(7)23/h5-16H,1-4H2/t5-,6-,7-,8-,9-,10-,11-,12+,13-,14+,15-,16+/m1/s1. The van der Waals surface area contributed by atoms with E-state index in [0.717, 1.165) is 12.8 Å². The highest BCUT2D eigenvalue weighted by molar-refractivity contribution is 9.12. The van der Waals surface area contributed by atoms with Crippen LogP contribution in [0.3, 0.4) is 0 Å². The average Bonchev–Trinajstić information content (AvgIpc) is 3.50. The van der Waals surface area contributed by atoms with Gasteiger partial charge in [-0.3, -0.25) is 29.0 Å². The molecule has 6 aliphatic rings. The second-order valence-electron chi connectivity index (χ2n) is 9.66. The van der Waals surface area contributed by atoms with E-state index in [0.29, 0.717) is 0 Å². The van der Waals surface area contributed by atoms with Crippen LogP contribution in [-0.2, 0) is 19.2 Å². The van der Waals surface area contributed by atoms with Crippen LogP contribution >= 0.6 is 63.7 Å². The Labute approximate surface area is 207 Å². The van der Waals surface area contributed by atoms with Crippen molar-refractivity contribution in [3.63, 3.8) is 0 Å². The minimum Gasteiger partial charge on any atom is -0.280 e. The van der Waals surface area contributed by atoms with Crippen molar-refractivity contribution in [2.24, 2.45) is 47.3 Å². The molecule has 0 spiro atoms. The van der Waals surface area contributed by atoms with Crippen molar-refractivity contribution in [1.29, 1.82) is 0 Å². The number of nitrogens with zero attached hydrogens (tertiary/aromatic N) is 2. The van der Waals surface area contributed by atoms with E-state index < -0.39 is 0 Å². The zero-order valence-electron chi connectivity index (χ0n) is 15.8. The molecule has 30 heavy (non-hydrogen) atoms. The zero-order valence-corrected chi connectivity index (χ0v) is 22.1.